The minimum Gasteiger partial charge on any atom is -0.497 e. The van der Waals surface area contributed by atoms with Gasteiger partial charge in [-0.3, -0.25) is 4.79 Å². The van der Waals surface area contributed by atoms with E-state index in [-0.39, 0.29) is 12.2 Å². The quantitative estimate of drug-likeness (QED) is 0.527. The Morgan fingerprint density at radius 3 is 2.73 bits per heavy atom. The van der Waals surface area contributed by atoms with Crippen LogP contribution in [0.15, 0.2) is 29.1 Å². The van der Waals surface area contributed by atoms with Gasteiger partial charge < -0.3 is 19.8 Å². The van der Waals surface area contributed by atoms with Crippen LogP contribution in [0, 0.1) is 0 Å². The van der Waals surface area contributed by atoms with Crippen molar-refractivity contribution in [2.45, 2.75) is 45.4 Å². The largest absolute Gasteiger partial charge is 0.497 e. The van der Waals surface area contributed by atoms with Crippen LogP contribution in [0.2, 0.25) is 0 Å². The standard InChI is InChI=1S/C23H23N3O4/c1-4-13-14-8-12(29-3)6-7-18(14)25-20-15(13)10-26-19(20)9-17-16(21(26)27)11-30-22(28)23(17,24)5-2/h6-9H,4-5,10-11,24H2,1-3H3/t23-/m0/s1. The number of ether oxygens (including phenoxy) is 2. The Kier molecular flexibility index (Phi) is 4.02. The molecule has 0 aliphatic carbocycles. The zero-order valence-corrected chi connectivity index (χ0v) is 17.2. The van der Waals surface area contributed by atoms with E-state index in [2.05, 4.69) is 6.92 Å². The lowest BCUT2D eigenvalue weighted by molar-refractivity contribution is -0.154. The lowest BCUT2D eigenvalue weighted by Crippen LogP contribution is -2.50. The molecule has 1 aromatic carbocycles. The fraction of sp³-hybridized carbons (Fsp3) is 0.348. The number of rotatable bonds is 3. The van der Waals surface area contributed by atoms with Crippen molar-refractivity contribution < 1.29 is 14.3 Å². The third kappa shape index (κ3) is 2.32. The Morgan fingerprint density at radius 2 is 2.03 bits per heavy atom. The van der Waals surface area contributed by atoms with Gasteiger partial charge in [0.25, 0.3) is 5.56 Å². The molecule has 0 fully saturated rings. The number of hydrogen-bond acceptors (Lipinski definition) is 6. The molecule has 0 saturated heterocycles. The van der Waals surface area contributed by atoms with Gasteiger partial charge in [-0.25, -0.2) is 9.78 Å². The third-order valence-electron chi connectivity index (χ3n) is 6.47. The number of methoxy groups -OCH3 is 1. The molecular formula is C23H23N3O4. The van der Waals surface area contributed by atoms with Gasteiger partial charge in [-0.05, 0) is 48.2 Å². The summed E-state index contributed by atoms with van der Waals surface area (Å²) in [7, 11) is 1.64. The van der Waals surface area contributed by atoms with E-state index in [0.29, 0.717) is 29.8 Å². The summed E-state index contributed by atoms with van der Waals surface area (Å²) in [4.78, 5) is 30.7. The summed E-state index contributed by atoms with van der Waals surface area (Å²) >= 11 is 0. The zero-order chi connectivity index (χ0) is 21.2. The number of hydrogen-bond donors (Lipinski definition) is 1. The summed E-state index contributed by atoms with van der Waals surface area (Å²) < 4.78 is 12.4. The van der Waals surface area contributed by atoms with E-state index in [0.717, 1.165) is 39.9 Å². The average Bonchev–Trinajstić information content (AvgIpc) is 3.13. The summed E-state index contributed by atoms with van der Waals surface area (Å²) in [6.07, 6.45) is 1.15. The van der Waals surface area contributed by atoms with E-state index in [1.807, 2.05) is 31.2 Å². The highest BCUT2D eigenvalue weighted by molar-refractivity contribution is 5.90. The van der Waals surface area contributed by atoms with Gasteiger partial charge in [0.2, 0.25) is 0 Å². The smallest absolute Gasteiger partial charge is 0.331 e. The van der Waals surface area contributed by atoms with Gasteiger partial charge in [0.1, 0.15) is 17.9 Å². The zero-order valence-electron chi connectivity index (χ0n) is 17.2. The molecule has 2 aliphatic heterocycles. The van der Waals surface area contributed by atoms with E-state index >= 15 is 0 Å². The van der Waals surface area contributed by atoms with Gasteiger partial charge in [-0.15, -0.1) is 0 Å². The van der Waals surface area contributed by atoms with Gasteiger partial charge in [0.05, 0.1) is 36.1 Å². The second kappa shape index (κ2) is 6.40. The number of fused-ring (bicyclic) bond motifs is 5. The van der Waals surface area contributed by atoms with Crippen LogP contribution in [-0.2, 0) is 34.6 Å². The number of esters is 1. The number of carbonyl (C=O) groups is 1. The van der Waals surface area contributed by atoms with Gasteiger partial charge >= 0.3 is 5.97 Å². The first-order valence-corrected chi connectivity index (χ1v) is 10.2. The molecule has 3 aromatic rings. The van der Waals surface area contributed by atoms with Gasteiger partial charge in [-0.1, -0.05) is 13.8 Å². The fourth-order valence-electron chi connectivity index (χ4n) is 4.71. The van der Waals surface area contributed by atoms with E-state index in [1.165, 1.54) is 0 Å². The van der Waals surface area contributed by atoms with Crippen LogP contribution < -0.4 is 16.0 Å². The van der Waals surface area contributed by atoms with Crippen LogP contribution in [0.3, 0.4) is 0 Å². The number of carbonyl (C=O) groups excluding carboxylic acids is 1. The van der Waals surface area contributed by atoms with Crippen LogP contribution in [0.1, 0.15) is 42.5 Å². The maximum Gasteiger partial charge on any atom is 0.331 e. The number of cyclic esters (lactones) is 1. The second-order valence-corrected chi connectivity index (χ2v) is 7.87. The summed E-state index contributed by atoms with van der Waals surface area (Å²) in [6.45, 7) is 4.32. The monoisotopic (exact) mass is 405 g/mol. The lowest BCUT2D eigenvalue weighted by Gasteiger charge is -2.32. The van der Waals surface area contributed by atoms with Gasteiger partial charge in [0, 0.05) is 10.9 Å². The molecular weight excluding hydrogens is 382 g/mol. The Balaban J connectivity index is 1.81. The molecule has 2 aromatic heterocycles. The number of aromatic nitrogens is 2. The first-order valence-electron chi connectivity index (χ1n) is 10.2. The highest BCUT2D eigenvalue weighted by Gasteiger charge is 2.44. The number of nitrogens with zero attached hydrogens (tertiary/aromatic N) is 2. The van der Waals surface area contributed by atoms with Crippen molar-refractivity contribution in [1.82, 2.24) is 9.55 Å². The average molecular weight is 405 g/mol. The number of benzene rings is 1. The first kappa shape index (κ1) is 18.8. The predicted octanol–water partition coefficient (Wildman–Crippen LogP) is 2.62. The Morgan fingerprint density at radius 1 is 1.23 bits per heavy atom. The minimum atomic E-state index is -1.32. The summed E-state index contributed by atoms with van der Waals surface area (Å²) in [5.41, 5.74) is 10.5. The molecule has 2 N–H and O–H groups in total. The van der Waals surface area contributed by atoms with Crippen LogP contribution in [-0.4, -0.2) is 22.6 Å². The Bertz CT molecular complexity index is 1290. The molecule has 0 saturated carbocycles. The topological polar surface area (TPSA) is 96.4 Å². The molecule has 154 valence electrons. The van der Waals surface area contributed by atoms with Crippen LogP contribution in [0.25, 0.3) is 22.3 Å². The molecule has 0 radical (unpaired) electrons. The molecule has 7 nitrogen and oxygen atoms in total. The highest BCUT2D eigenvalue weighted by Crippen LogP contribution is 2.40. The third-order valence-corrected chi connectivity index (χ3v) is 6.47. The summed E-state index contributed by atoms with van der Waals surface area (Å²) in [5.74, 6) is 0.279. The fourth-order valence-corrected chi connectivity index (χ4v) is 4.71. The first-order chi connectivity index (χ1) is 14.4. The highest BCUT2D eigenvalue weighted by atomic mass is 16.5. The van der Waals surface area contributed by atoms with Crippen molar-refractivity contribution >= 4 is 16.9 Å². The van der Waals surface area contributed by atoms with Crippen molar-refractivity contribution in [2.75, 3.05) is 7.11 Å². The second-order valence-electron chi connectivity index (χ2n) is 7.87. The van der Waals surface area contributed by atoms with Crippen LogP contribution >= 0.6 is 0 Å². The molecule has 4 heterocycles. The van der Waals surface area contributed by atoms with E-state index < -0.39 is 11.5 Å². The van der Waals surface area contributed by atoms with Gasteiger partial charge in [0.15, 0.2) is 0 Å². The molecule has 7 heteroatoms. The number of pyridine rings is 2. The molecule has 1 atom stereocenters. The van der Waals surface area contributed by atoms with Gasteiger partial charge in [-0.2, -0.15) is 0 Å². The van der Waals surface area contributed by atoms with Crippen molar-refractivity contribution in [2.24, 2.45) is 5.73 Å². The van der Waals surface area contributed by atoms with Crippen molar-refractivity contribution in [3.63, 3.8) is 0 Å². The molecule has 0 spiro atoms. The molecule has 0 bridgehead atoms. The predicted molar refractivity (Wildman–Crippen MR) is 112 cm³/mol. The van der Waals surface area contributed by atoms with E-state index in [4.69, 9.17) is 20.2 Å². The molecule has 0 amide bonds. The molecule has 5 rings (SSSR count). The SMILES string of the molecule is CCc1c2c(nc3ccc(OC)cc13)-c1cc3c(c(=O)n1C2)COC(=O)[C@]3(N)CC. The van der Waals surface area contributed by atoms with Crippen LogP contribution in [0.5, 0.6) is 5.75 Å². The Hall–Kier alpha value is -3.19. The number of aryl methyl sites for hydroxylation is 1. The normalized spacial score (nSPS) is 19.3. The lowest BCUT2D eigenvalue weighted by atomic mass is 9.83. The Labute approximate surface area is 173 Å². The van der Waals surface area contributed by atoms with E-state index in [9.17, 15) is 9.59 Å². The summed E-state index contributed by atoms with van der Waals surface area (Å²) in [5, 5.41) is 1.03. The number of nitrogens with two attached hydrogens (primary N) is 1. The molecule has 2 aliphatic rings. The maximum atomic E-state index is 13.3. The minimum absolute atomic E-state index is 0.0458. The maximum absolute atomic E-state index is 13.3. The molecule has 30 heavy (non-hydrogen) atoms. The molecule has 0 unspecified atom stereocenters. The van der Waals surface area contributed by atoms with Crippen molar-refractivity contribution in [3.8, 4) is 17.1 Å². The van der Waals surface area contributed by atoms with Crippen LogP contribution in [0.4, 0.5) is 0 Å². The summed E-state index contributed by atoms with van der Waals surface area (Å²) in [6, 6.07) is 7.68. The van der Waals surface area contributed by atoms with Crippen molar-refractivity contribution in [1.29, 1.82) is 0 Å². The van der Waals surface area contributed by atoms with Crippen molar-refractivity contribution in [3.05, 3.63) is 56.9 Å². The van der Waals surface area contributed by atoms with E-state index in [1.54, 1.807) is 11.7 Å².